The quantitative estimate of drug-likeness (QED) is 0.258. The molecule has 0 aromatic heterocycles. The molecule has 1 atom stereocenters. The second kappa shape index (κ2) is 11.4. The molecule has 0 radical (unpaired) electrons. The fraction of sp³-hybridized carbons (Fsp3) is 0.375. The van der Waals surface area contributed by atoms with Crippen molar-refractivity contribution >= 4 is 17.3 Å². The van der Waals surface area contributed by atoms with Crippen LogP contribution in [-0.2, 0) is 13.0 Å². The van der Waals surface area contributed by atoms with Crippen LogP contribution in [0.2, 0.25) is 0 Å². The summed E-state index contributed by atoms with van der Waals surface area (Å²) in [5.74, 6) is 0.283. The van der Waals surface area contributed by atoms with Crippen LogP contribution in [0, 0.1) is 5.41 Å². The topological polar surface area (TPSA) is 118 Å². The maximum Gasteiger partial charge on any atom is 0.251 e. The molecule has 8 heteroatoms. The lowest BCUT2D eigenvalue weighted by Gasteiger charge is -2.30. The largest absolute Gasteiger partial charge is 0.487 e. The highest BCUT2D eigenvalue weighted by Crippen LogP contribution is 2.18. The van der Waals surface area contributed by atoms with E-state index >= 15 is 0 Å². The molecule has 0 saturated heterocycles. The van der Waals surface area contributed by atoms with Crippen molar-refractivity contribution in [3.8, 4) is 5.75 Å². The van der Waals surface area contributed by atoms with Gasteiger partial charge >= 0.3 is 0 Å². The van der Waals surface area contributed by atoms with Gasteiger partial charge in [0.15, 0.2) is 0 Å². The van der Waals surface area contributed by atoms with Crippen molar-refractivity contribution in [3.63, 3.8) is 0 Å². The van der Waals surface area contributed by atoms with Crippen LogP contribution >= 0.6 is 0 Å². The Morgan fingerprint density at radius 3 is 2.62 bits per heavy atom. The maximum absolute atomic E-state index is 12.3. The summed E-state index contributed by atoms with van der Waals surface area (Å²) in [4.78, 5) is 14.6. The summed E-state index contributed by atoms with van der Waals surface area (Å²) < 4.78 is 5.46. The van der Waals surface area contributed by atoms with Crippen LogP contribution in [0.25, 0.3) is 0 Å². The van der Waals surface area contributed by atoms with Crippen molar-refractivity contribution in [1.29, 1.82) is 5.41 Å². The number of hydrogen-bond acceptors (Lipinski definition) is 7. The van der Waals surface area contributed by atoms with E-state index in [0.29, 0.717) is 30.8 Å². The minimum Gasteiger partial charge on any atom is -0.487 e. The molecule has 3 rings (SSSR count). The number of aliphatic hydroxyl groups is 1. The van der Waals surface area contributed by atoms with Crippen LogP contribution in [0.5, 0.6) is 5.75 Å². The number of amides is 1. The summed E-state index contributed by atoms with van der Waals surface area (Å²) in [6.07, 6.45) is 0.974. The standard InChI is InChI=1S/C24H30N4O4/c1-17(25)23(27-31)16-32-22-8-6-19(7-9-22)24(30)26-12-10-21(29)15-28-13-11-18-4-2-3-5-20(18)14-28/h2-9,21,25,29,31H,10-16H2,1H3,(H,26,30)/b25-17?,27-23-. The van der Waals surface area contributed by atoms with E-state index in [0.717, 1.165) is 19.5 Å². The van der Waals surface area contributed by atoms with Gasteiger partial charge in [-0.3, -0.25) is 9.69 Å². The average molecular weight is 439 g/mol. The van der Waals surface area contributed by atoms with Crippen LogP contribution in [0.1, 0.15) is 34.8 Å². The number of oxime groups is 1. The van der Waals surface area contributed by atoms with Gasteiger partial charge in [0.25, 0.3) is 5.91 Å². The van der Waals surface area contributed by atoms with Gasteiger partial charge in [0.05, 0.1) is 11.8 Å². The first-order valence-electron chi connectivity index (χ1n) is 10.7. The first-order chi connectivity index (χ1) is 15.5. The Morgan fingerprint density at radius 1 is 1.22 bits per heavy atom. The monoisotopic (exact) mass is 438 g/mol. The van der Waals surface area contributed by atoms with Crippen molar-refractivity contribution < 1.29 is 19.8 Å². The number of nitrogens with one attached hydrogen (secondary N) is 2. The molecule has 1 aliphatic heterocycles. The Labute approximate surface area is 188 Å². The Bertz CT molecular complexity index is 959. The number of benzene rings is 2. The first kappa shape index (κ1) is 23.4. The second-order valence-electron chi connectivity index (χ2n) is 7.94. The molecule has 32 heavy (non-hydrogen) atoms. The van der Waals surface area contributed by atoms with Gasteiger partial charge in [-0.25, -0.2) is 0 Å². The van der Waals surface area contributed by atoms with E-state index in [1.54, 1.807) is 24.3 Å². The van der Waals surface area contributed by atoms with Crippen LogP contribution in [-0.4, -0.2) is 64.9 Å². The van der Waals surface area contributed by atoms with Crippen LogP contribution in [0.4, 0.5) is 0 Å². The molecule has 1 unspecified atom stereocenters. The van der Waals surface area contributed by atoms with E-state index < -0.39 is 6.10 Å². The zero-order valence-corrected chi connectivity index (χ0v) is 18.3. The average Bonchev–Trinajstić information content (AvgIpc) is 2.79. The maximum atomic E-state index is 12.3. The highest BCUT2D eigenvalue weighted by molar-refractivity contribution is 6.40. The normalized spacial score (nSPS) is 15.0. The van der Waals surface area contributed by atoms with Crippen LogP contribution in [0.3, 0.4) is 0 Å². The SMILES string of the molecule is CC(=N)/C(COc1ccc(C(=O)NCCC(O)CN2CCc3ccccc3C2)cc1)=N\O. The molecule has 0 saturated carbocycles. The molecular formula is C24H30N4O4. The van der Waals surface area contributed by atoms with Crippen molar-refractivity contribution in [3.05, 3.63) is 65.2 Å². The lowest BCUT2D eigenvalue weighted by atomic mass is 9.99. The number of hydrogen-bond donors (Lipinski definition) is 4. The number of β-amino-alcohol motifs (C(OH)–C–C–N with tert-alkyl or cyclic N) is 1. The predicted octanol–water partition coefficient (Wildman–Crippen LogP) is 2.47. The lowest BCUT2D eigenvalue weighted by Crippen LogP contribution is -2.38. The Hall–Kier alpha value is -3.23. The van der Waals surface area contributed by atoms with Gasteiger partial charge in [0.1, 0.15) is 18.1 Å². The van der Waals surface area contributed by atoms with Gasteiger partial charge in [0.2, 0.25) is 0 Å². The zero-order valence-electron chi connectivity index (χ0n) is 18.3. The lowest BCUT2D eigenvalue weighted by molar-refractivity contribution is 0.0892. The number of rotatable bonds is 10. The third kappa shape index (κ3) is 6.63. The minimum absolute atomic E-state index is 0.0299. The third-order valence-corrected chi connectivity index (χ3v) is 5.49. The van der Waals surface area contributed by atoms with Gasteiger partial charge in [0, 0.05) is 31.7 Å². The summed E-state index contributed by atoms with van der Waals surface area (Å²) in [6.45, 7) is 4.23. The minimum atomic E-state index is -0.504. The Kier molecular flexibility index (Phi) is 8.35. The molecule has 4 N–H and O–H groups in total. The molecule has 8 nitrogen and oxygen atoms in total. The highest BCUT2D eigenvalue weighted by Gasteiger charge is 2.18. The third-order valence-electron chi connectivity index (χ3n) is 5.49. The van der Waals surface area contributed by atoms with E-state index in [-0.39, 0.29) is 23.9 Å². The second-order valence-corrected chi connectivity index (χ2v) is 7.94. The zero-order chi connectivity index (χ0) is 22.9. The van der Waals surface area contributed by atoms with Gasteiger partial charge in [-0.2, -0.15) is 0 Å². The Balaban J connectivity index is 1.38. The van der Waals surface area contributed by atoms with E-state index in [2.05, 4.69) is 33.6 Å². The summed E-state index contributed by atoms with van der Waals surface area (Å²) in [7, 11) is 0. The molecule has 0 aliphatic carbocycles. The smallest absolute Gasteiger partial charge is 0.251 e. The van der Waals surface area contributed by atoms with Gasteiger partial charge in [-0.15, -0.1) is 0 Å². The first-order valence-corrected chi connectivity index (χ1v) is 10.7. The summed E-state index contributed by atoms with van der Waals surface area (Å²) in [5.41, 5.74) is 3.45. The van der Waals surface area contributed by atoms with Crippen molar-refractivity contribution in [1.82, 2.24) is 10.2 Å². The molecular weight excluding hydrogens is 408 g/mol. The predicted molar refractivity (Wildman–Crippen MR) is 123 cm³/mol. The molecule has 170 valence electrons. The van der Waals surface area contributed by atoms with Gasteiger partial charge in [-0.1, -0.05) is 29.4 Å². The molecule has 1 aliphatic rings. The number of aliphatic hydroxyl groups excluding tert-OH is 1. The molecule has 1 amide bonds. The van der Waals surface area contributed by atoms with Gasteiger partial charge in [-0.05, 0) is 55.2 Å². The summed E-state index contributed by atoms with van der Waals surface area (Å²) in [6, 6.07) is 15.0. The fourth-order valence-corrected chi connectivity index (χ4v) is 3.62. The van der Waals surface area contributed by atoms with E-state index in [1.807, 2.05) is 6.07 Å². The molecule has 2 aromatic rings. The molecule has 0 spiro atoms. The van der Waals surface area contributed by atoms with Crippen molar-refractivity contribution in [2.45, 2.75) is 32.4 Å². The number of carbonyl (C=O) groups excluding carboxylic acids is 1. The van der Waals surface area contributed by atoms with Crippen LogP contribution in [0.15, 0.2) is 53.7 Å². The van der Waals surface area contributed by atoms with Gasteiger partial charge < -0.3 is 25.8 Å². The fourth-order valence-electron chi connectivity index (χ4n) is 3.62. The molecule has 0 fully saturated rings. The summed E-state index contributed by atoms with van der Waals surface area (Å²) >= 11 is 0. The van der Waals surface area contributed by atoms with Crippen LogP contribution < -0.4 is 10.1 Å². The van der Waals surface area contributed by atoms with Crippen molar-refractivity contribution in [2.24, 2.45) is 5.16 Å². The number of ether oxygens (including phenoxy) is 1. The number of carbonyl (C=O) groups is 1. The molecule has 2 aromatic carbocycles. The van der Waals surface area contributed by atoms with E-state index in [1.165, 1.54) is 18.1 Å². The molecule has 1 heterocycles. The van der Waals surface area contributed by atoms with E-state index in [4.69, 9.17) is 15.4 Å². The van der Waals surface area contributed by atoms with E-state index in [9.17, 15) is 9.90 Å². The highest BCUT2D eigenvalue weighted by atomic mass is 16.5. The molecule has 0 bridgehead atoms. The van der Waals surface area contributed by atoms with Crippen molar-refractivity contribution in [2.75, 3.05) is 26.2 Å². The number of fused-ring (bicyclic) bond motifs is 1. The summed E-state index contributed by atoms with van der Waals surface area (Å²) in [5, 5.41) is 32.5. The number of nitrogens with zero attached hydrogens (tertiary/aromatic N) is 2. The Morgan fingerprint density at radius 2 is 1.94 bits per heavy atom.